The minimum absolute atomic E-state index is 0.0189. The van der Waals surface area contributed by atoms with E-state index in [-0.39, 0.29) is 32.8 Å². The normalized spacial score (nSPS) is 11.6. The van der Waals surface area contributed by atoms with Gasteiger partial charge in [0.25, 0.3) is 5.41 Å². The molecule has 0 amide bonds. The molecule has 0 aliphatic heterocycles. The van der Waals surface area contributed by atoms with Crippen LogP contribution in [0.2, 0.25) is 0 Å². The number of rotatable bonds is 18. The molecule has 250 valence electrons. The third-order valence-electron chi connectivity index (χ3n) is 7.98. The first-order valence-corrected chi connectivity index (χ1v) is 16.3. The second kappa shape index (κ2) is 18.8. The zero-order chi connectivity index (χ0) is 34.0. The second-order valence-electron chi connectivity index (χ2n) is 11.5. The molecule has 48 heavy (non-hydrogen) atoms. The topological polar surface area (TPSA) is 105 Å². The van der Waals surface area contributed by atoms with E-state index in [2.05, 4.69) is 0 Å². The maximum Gasteiger partial charge on any atom is 0.336 e. The molecule has 0 aliphatic carbocycles. The van der Waals surface area contributed by atoms with Gasteiger partial charge in [0.2, 0.25) is 0 Å². The Morgan fingerprint density at radius 3 is 1.15 bits per heavy atom. The van der Waals surface area contributed by atoms with Crippen molar-refractivity contribution in [3.8, 4) is 0 Å². The molecule has 0 spiro atoms. The molecule has 1 atom stereocenters. The van der Waals surface area contributed by atoms with Crippen molar-refractivity contribution >= 4 is 23.9 Å². The lowest BCUT2D eigenvalue weighted by molar-refractivity contribution is -0.197. The minimum atomic E-state index is -2.81. The molecule has 0 aromatic heterocycles. The number of benzene rings is 4. The largest absolute Gasteiger partial charge is 0.461 e. The molecule has 0 heterocycles. The molecule has 0 saturated carbocycles. The van der Waals surface area contributed by atoms with Crippen LogP contribution < -0.4 is 0 Å². The predicted octanol–water partition coefficient (Wildman–Crippen LogP) is 7.53. The Kier molecular flexibility index (Phi) is 13.9. The van der Waals surface area contributed by atoms with Gasteiger partial charge in [-0.1, -0.05) is 154 Å². The highest BCUT2D eigenvalue weighted by molar-refractivity contribution is 6.20. The van der Waals surface area contributed by atoms with Gasteiger partial charge >= 0.3 is 23.9 Å². The second-order valence-corrected chi connectivity index (χ2v) is 11.5. The van der Waals surface area contributed by atoms with Crippen molar-refractivity contribution in [3.05, 3.63) is 144 Å². The summed E-state index contributed by atoms with van der Waals surface area (Å²) in [6, 6.07) is 35.5. The first kappa shape index (κ1) is 35.6. The number of hydrogen-bond donors (Lipinski definition) is 0. The van der Waals surface area contributed by atoms with Gasteiger partial charge in [-0.25, -0.2) is 0 Å². The summed E-state index contributed by atoms with van der Waals surface area (Å²) in [5.74, 6) is -6.20. The minimum Gasteiger partial charge on any atom is -0.461 e. The number of esters is 4. The fourth-order valence-electron chi connectivity index (χ4n) is 5.30. The van der Waals surface area contributed by atoms with Gasteiger partial charge in [-0.05, 0) is 28.7 Å². The molecule has 4 aromatic carbocycles. The van der Waals surface area contributed by atoms with Gasteiger partial charge in [-0.2, -0.15) is 0 Å². The monoisotopic (exact) mass is 650 g/mol. The van der Waals surface area contributed by atoms with E-state index in [1.807, 2.05) is 31.2 Å². The van der Waals surface area contributed by atoms with Crippen molar-refractivity contribution in [1.82, 2.24) is 0 Å². The van der Waals surface area contributed by atoms with E-state index in [1.54, 1.807) is 97.1 Å². The van der Waals surface area contributed by atoms with E-state index in [0.717, 1.165) is 12.8 Å². The lowest BCUT2D eigenvalue weighted by atomic mass is 9.72. The number of carbonyl (C=O) groups is 4. The molecule has 0 N–H and O–H groups in total. The van der Waals surface area contributed by atoms with E-state index < -0.39 is 35.2 Å². The van der Waals surface area contributed by atoms with E-state index in [0.29, 0.717) is 35.1 Å². The van der Waals surface area contributed by atoms with Gasteiger partial charge < -0.3 is 18.9 Å². The molecule has 4 aromatic rings. The number of unbranched alkanes of at least 4 members (excludes halogenated alkanes) is 3. The molecular formula is C40H42O8. The molecule has 0 bridgehead atoms. The van der Waals surface area contributed by atoms with Crippen LogP contribution in [0.5, 0.6) is 0 Å². The Bertz CT molecular complexity index is 1440. The molecule has 0 radical (unpaired) electrons. The van der Waals surface area contributed by atoms with Crippen LogP contribution in [0.3, 0.4) is 0 Å². The Morgan fingerprint density at radius 2 is 0.812 bits per heavy atom. The quantitative estimate of drug-likeness (QED) is 0.0471. The van der Waals surface area contributed by atoms with Gasteiger partial charge in [-0.3, -0.25) is 19.2 Å². The van der Waals surface area contributed by atoms with Gasteiger partial charge in [0, 0.05) is 0 Å². The molecule has 8 nitrogen and oxygen atoms in total. The van der Waals surface area contributed by atoms with E-state index in [1.165, 1.54) is 0 Å². The number of hydrogen-bond acceptors (Lipinski definition) is 8. The highest BCUT2D eigenvalue weighted by atomic mass is 16.6. The Morgan fingerprint density at radius 1 is 0.479 bits per heavy atom. The SMILES string of the molecule is CCCCCCC(C(=O)OCc1ccccc1)C(C(=O)OCc1ccccc1)(C(=O)OCc1ccccc1)C(=O)OCc1ccccc1. The average Bonchev–Trinajstić information content (AvgIpc) is 3.14. The Labute approximate surface area is 282 Å². The van der Waals surface area contributed by atoms with Crippen LogP contribution in [0.15, 0.2) is 121 Å². The van der Waals surface area contributed by atoms with Gasteiger partial charge in [-0.15, -0.1) is 0 Å². The molecule has 0 saturated heterocycles. The number of ether oxygens (including phenoxy) is 4. The third kappa shape index (κ3) is 9.88. The van der Waals surface area contributed by atoms with Crippen molar-refractivity contribution in [2.45, 2.75) is 65.5 Å². The van der Waals surface area contributed by atoms with Crippen LogP contribution in [0.25, 0.3) is 0 Å². The number of carbonyl (C=O) groups excluding carboxylic acids is 4. The maximum atomic E-state index is 14.4. The van der Waals surface area contributed by atoms with Crippen LogP contribution >= 0.6 is 0 Å². The van der Waals surface area contributed by atoms with Crippen molar-refractivity contribution in [3.63, 3.8) is 0 Å². The van der Waals surface area contributed by atoms with E-state index >= 15 is 0 Å². The summed E-state index contributed by atoms with van der Waals surface area (Å²) >= 11 is 0. The molecule has 4 rings (SSSR count). The molecular weight excluding hydrogens is 608 g/mol. The molecule has 8 heteroatoms. The highest BCUT2D eigenvalue weighted by Gasteiger charge is 2.65. The van der Waals surface area contributed by atoms with Crippen LogP contribution in [-0.2, 0) is 64.6 Å². The van der Waals surface area contributed by atoms with Crippen molar-refractivity contribution in [2.75, 3.05) is 0 Å². The summed E-state index contributed by atoms with van der Waals surface area (Å²) in [6.45, 7) is 1.17. The summed E-state index contributed by atoms with van der Waals surface area (Å²) in [6.07, 6.45) is 2.88. The van der Waals surface area contributed by atoms with Gasteiger partial charge in [0.15, 0.2) is 0 Å². The summed E-state index contributed by atoms with van der Waals surface area (Å²) in [5.41, 5.74) is -0.229. The summed E-state index contributed by atoms with van der Waals surface area (Å²) < 4.78 is 22.9. The summed E-state index contributed by atoms with van der Waals surface area (Å²) in [7, 11) is 0. The van der Waals surface area contributed by atoms with E-state index in [9.17, 15) is 19.2 Å². The van der Waals surface area contributed by atoms with Gasteiger partial charge in [0.05, 0.1) is 5.92 Å². The average molecular weight is 651 g/mol. The highest BCUT2D eigenvalue weighted by Crippen LogP contribution is 2.39. The Balaban J connectivity index is 1.77. The first-order chi connectivity index (χ1) is 23.4. The van der Waals surface area contributed by atoms with Crippen LogP contribution in [0.1, 0.15) is 61.3 Å². The van der Waals surface area contributed by atoms with E-state index in [4.69, 9.17) is 18.9 Å². The lowest BCUT2D eigenvalue weighted by Gasteiger charge is -2.33. The predicted molar refractivity (Wildman–Crippen MR) is 180 cm³/mol. The van der Waals surface area contributed by atoms with Crippen LogP contribution in [0.4, 0.5) is 0 Å². The smallest absolute Gasteiger partial charge is 0.336 e. The zero-order valence-electron chi connectivity index (χ0n) is 27.3. The summed E-state index contributed by atoms with van der Waals surface area (Å²) in [4.78, 5) is 57.4. The summed E-state index contributed by atoms with van der Waals surface area (Å²) in [5, 5.41) is 0. The van der Waals surface area contributed by atoms with Crippen molar-refractivity contribution in [1.29, 1.82) is 0 Å². The van der Waals surface area contributed by atoms with Crippen molar-refractivity contribution < 1.29 is 38.1 Å². The fraction of sp³-hybridized carbons (Fsp3) is 0.300. The zero-order valence-corrected chi connectivity index (χ0v) is 27.3. The maximum absolute atomic E-state index is 14.4. The first-order valence-electron chi connectivity index (χ1n) is 16.3. The fourth-order valence-corrected chi connectivity index (χ4v) is 5.30. The standard InChI is InChI=1S/C40H42O8/c1-2-3-4-17-26-35(36(41)45-27-31-18-9-5-10-19-31)40(37(42)46-28-32-20-11-6-12-21-32,38(43)47-29-33-22-13-7-14-23-33)39(44)48-30-34-24-15-8-16-25-34/h5-16,18-25,35H,2-4,17,26-30H2,1H3. The van der Waals surface area contributed by atoms with Gasteiger partial charge in [0.1, 0.15) is 26.4 Å². The Hall–Kier alpha value is -5.24. The van der Waals surface area contributed by atoms with Crippen LogP contribution in [-0.4, -0.2) is 23.9 Å². The molecule has 0 fully saturated rings. The van der Waals surface area contributed by atoms with Crippen molar-refractivity contribution in [2.24, 2.45) is 11.3 Å². The molecule has 0 aliphatic rings. The molecule has 1 unspecified atom stereocenters. The lowest BCUT2D eigenvalue weighted by Crippen LogP contribution is -2.56. The third-order valence-corrected chi connectivity index (χ3v) is 7.98. The van der Waals surface area contributed by atoms with Crippen LogP contribution in [0, 0.1) is 11.3 Å².